The topological polar surface area (TPSA) is 47.4 Å². The van der Waals surface area contributed by atoms with Crippen molar-refractivity contribution in [3.05, 3.63) is 66.4 Å². The molecular formula is C27H31N3O2. The van der Waals surface area contributed by atoms with Gasteiger partial charge in [-0.25, -0.2) is 4.68 Å². The molecule has 1 saturated heterocycles. The predicted octanol–water partition coefficient (Wildman–Crippen LogP) is 5.59. The lowest BCUT2D eigenvalue weighted by atomic mass is 9.65. The van der Waals surface area contributed by atoms with Crippen LogP contribution in [0.15, 0.2) is 60.7 Å². The van der Waals surface area contributed by atoms with E-state index in [1.165, 1.54) is 0 Å². The molecule has 2 atom stereocenters. The molecule has 1 amide bonds. The summed E-state index contributed by atoms with van der Waals surface area (Å²) in [5.74, 6) is 0.843. The van der Waals surface area contributed by atoms with Gasteiger partial charge in [0, 0.05) is 18.2 Å². The highest BCUT2D eigenvalue weighted by Gasteiger charge is 2.51. The number of carbonyl (C=O) groups is 1. The van der Waals surface area contributed by atoms with Crippen molar-refractivity contribution >= 4 is 5.91 Å². The van der Waals surface area contributed by atoms with E-state index in [1.807, 2.05) is 60.7 Å². The molecule has 2 fully saturated rings. The predicted molar refractivity (Wildman–Crippen MR) is 126 cm³/mol. The van der Waals surface area contributed by atoms with Crippen molar-refractivity contribution in [3.63, 3.8) is 0 Å². The molecule has 1 aliphatic carbocycles. The summed E-state index contributed by atoms with van der Waals surface area (Å²) in [5, 5.41) is 4.86. The van der Waals surface area contributed by atoms with Crippen molar-refractivity contribution in [3.8, 4) is 22.7 Å². The van der Waals surface area contributed by atoms with E-state index in [0.717, 1.165) is 48.5 Å². The molecule has 2 bridgehead atoms. The van der Waals surface area contributed by atoms with Crippen molar-refractivity contribution < 1.29 is 9.53 Å². The number of aromatic nitrogens is 2. The van der Waals surface area contributed by atoms with Crippen LogP contribution in [0.5, 0.6) is 5.75 Å². The fourth-order valence-corrected chi connectivity index (χ4v) is 6.07. The smallest absolute Gasteiger partial charge is 0.272 e. The molecule has 1 saturated carbocycles. The van der Waals surface area contributed by atoms with E-state index in [0.29, 0.717) is 5.69 Å². The average molecular weight is 430 g/mol. The van der Waals surface area contributed by atoms with Crippen LogP contribution < -0.4 is 4.74 Å². The molecule has 1 aliphatic heterocycles. The van der Waals surface area contributed by atoms with Gasteiger partial charge in [-0.05, 0) is 60.4 Å². The number of benzene rings is 2. The van der Waals surface area contributed by atoms with Crippen LogP contribution in [0.25, 0.3) is 16.9 Å². The lowest BCUT2D eigenvalue weighted by Crippen LogP contribution is -2.38. The van der Waals surface area contributed by atoms with Crippen LogP contribution in [0.4, 0.5) is 0 Å². The Kier molecular flexibility index (Phi) is 4.88. The molecule has 0 spiro atoms. The molecule has 2 aromatic carbocycles. The quantitative estimate of drug-likeness (QED) is 0.543. The van der Waals surface area contributed by atoms with Crippen LogP contribution in [0, 0.1) is 10.8 Å². The molecule has 2 aliphatic rings. The zero-order valence-electron chi connectivity index (χ0n) is 19.3. The second-order valence-corrected chi connectivity index (χ2v) is 10.5. The Morgan fingerprint density at radius 3 is 2.56 bits per heavy atom. The van der Waals surface area contributed by atoms with Crippen molar-refractivity contribution in [1.82, 2.24) is 14.7 Å². The maximum Gasteiger partial charge on any atom is 0.272 e. The van der Waals surface area contributed by atoms with Gasteiger partial charge in [0.1, 0.15) is 11.4 Å². The Bertz CT molecular complexity index is 1150. The molecule has 0 N–H and O–H groups in total. The summed E-state index contributed by atoms with van der Waals surface area (Å²) in [4.78, 5) is 16.1. The lowest BCUT2D eigenvalue weighted by molar-refractivity contribution is 0.0699. The lowest BCUT2D eigenvalue weighted by Gasteiger charge is -2.39. The van der Waals surface area contributed by atoms with Gasteiger partial charge in [-0.3, -0.25) is 4.79 Å². The number of para-hydroxylation sites is 1. The summed E-state index contributed by atoms with van der Waals surface area (Å²) in [7, 11) is 1.66. The van der Waals surface area contributed by atoms with Gasteiger partial charge in [0.2, 0.25) is 0 Å². The molecule has 0 radical (unpaired) electrons. The monoisotopic (exact) mass is 429 g/mol. The molecule has 2 heterocycles. The fourth-order valence-electron chi connectivity index (χ4n) is 6.07. The number of nitrogens with zero attached hydrogens (tertiary/aromatic N) is 3. The number of hydrogen-bond donors (Lipinski definition) is 0. The first-order valence-corrected chi connectivity index (χ1v) is 11.4. The minimum atomic E-state index is 0.0712. The summed E-state index contributed by atoms with van der Waals surface area (Å²) in [6.07, 6.45) is 3.30. The summed E-state index contributed by atoms with van der Waals surface area (Å²) in [6.45, 7) is 7.82. The fraction of sp³-hybridized carbons (Fsp3) is 0.407. The number of fused-ring (bicyclic) bond motifs is 2. The SMILES string of the molecule is COc1cccc(-c2cc(C(=O)N3C[C@@]4(C)C[C@@H]3CC(C)(C)C4)n(-c3ccccc3)n2)c1. The summed E-state index contributed by atoms with van der Waals surface area (Å²) >= 11 is 0. The number of likely N-dealkylation sites (tertiary alicyclic amines) is 1. The molecule has 166 valence electrons. The zero-order valence-corrected chi connectivity index (χ0v) is 19.3. The van der Waals surface area contributed by atoms with Crippen molar-refractivity contribution in [2.75, 3.05) is 13.7 Å². The van der Waals surface area contributed by atoms with Crippen LogP contribution >= 0.6 is 0 Å². The van der Waals surface area contributed by atoms with E-state index in [-0.39, 0.29) is 22.8 Å². The maximum atomic E-state index is 13.9. The van der Waals surface area contributed by atoms with Gasteiger partial charge in [0.25, 0.3) is 5.91 Å². The van der Waals surface area contributed by atoms with E-state index in [1.54, 1.807) is 11.8 Å². The van der Waals surface area contributed by atoms with E-state index < -0.39 is 0 Å². The first-order valence-electron chi connectivity index (χ1n) is 11.4. The van der Waals surface area contributed by atoms with Crippen molar-refractivity contribution in [1.29, 1.82) is 0 Å². The maximum absolute atomic E-state index is 13.9. The van der Waals surface area contributed by atoms with Gasteiger partial charge in [-0.15, -0.1) is 0 Å². The summed E-state index contributed by atoms with van der Waals surface area (Å²) in [5.41, 5.74) is 3.65. The van der Waals surface area contributed by atoms with E-state index in [4.69, 9.17) is 9.84 Å². The van der Waals surface area contributed by atoms with E-state index in [9.17, 15) is 4.79 Å². The number of ether oxygens (including phenoxy) is 1. The van der Waals surface area contributed by atoms with Crippen LogP contribution in [-0.2, 0) is 0 Å². The molecule has 5 heteroatoms. The number of carbonyl (C=O) groups excluding carboxylic acids is 1. The first kappa shape index (κ1) is 20.8. The van der Waals surface area contributed by atoms with Crippen LogP contribution in [0.1, 0.15) is 50.5 Å². The molecule has 5 rings (SSSR count). The minimum absolute atomic E-state index is 0.0712. The van der Waals surface area contributed by atoms with Crippen LogP contribution in [0.2, 0.25) is 0 Å². The van der Waals surface area contributed by atoms with E-state index in [2.05, 4.69) is 25.7 Å². The normalized spacial score (nSPS) is 23.9. The molecule has 1 aromatic heterocycles. The Balaban J connectivity index is 1.57. The number of hydrogen-bond acceptors (Lipinski definition) is 3. The number of methoxy groups -OCH3 is 1. The average Bonchev–Trinajstić information content (AvgIpc) is 3.32. The van der Waals surface area contributed by atoms with Crippen LogP contribution in [-0.4, -0.2) is 40.3 Å². The third-order valence-electron chi connectivity index (χ3n) is 6.97. The number of amides is 1. The van der Waals surface area contributed by atoms with Gasteiger partial charge in [0.15, 0.2) is 0 Å². The zero-order chi connectivity index (χ0) is 22.5. The molecule has 5 nitrogen and oxygen atoms in total. The Hall–Kier alpha value is -3.08. The van der Waals surface area contributed by atoms with Gasteiger partial charge < -0.3 is 9.64 Å². The van der Waals surface area contributed by atoms with Gasteiger partial charge in [-0.2, -0.15) is 5.10 Å². The van der Waals surface area contributed by atoms with E-state index >= 15 is 0 Å². The summed E-state index contributed by atoms with van der Waals surface area (Å²) in [6, 6.07) is 19.9. The first-order chi connectivity index (χ1) is 15.3. The largest absolute Gasteiger partial charge is 0.497 e. The third kappa shape index (κ3) is 3.70. The summed E-state index contributed by atoms with van der Waals surface area (Å²) < 4.78 is 7.19. The minimum Gasteiger partial charge on any atom is -0.497 e. The third-order valence-corrected chi connectivity index (χ3v) is 6.97. The van der Waals surface area contributed by atoms with Crippen LogP contribution in [0.3, 0.4) is 0 Å². The Labute approximate surface area is 190 Å². The highest BCUT2D eigenvalue weighted by molar-refractivity contribution is 5.95. The molecule has 0 unspecified atom stereocenters. The standard InChI is InChI=1S/C27H31N3O2/c1-26(2)15-21-16-27(3,17-26)18-29(21)25(31)24-14-23(19-9-8-12-22(13-19)32-4)28-30(24)20-10-6-5-7-11-20/h5-14,21H,15-18H2,1-4H3/t21-,27-/m0/s1. The van der Waals surface area contributed by atoms with Crippen molar-refractivity contribution in [2.45, 2.75) is 46.1 Å². The second kappa shape index (κ2) is 7.51. The van der Waals surface area contributed by atoms with Crippen molar-refractivity contribution in [2.24, 2.45) is 10.8 Å². The highest BCUT2D eigenvalue weighted by atomic mass is 16.5. The van der Waals surface area contributed by atoms with Gasteiger partial charge >= 0.3 is 0 Å². The van der Waals surface area contributed by atoms with Gasteiger partial charge in [-0.1, -0.05) is 51.1 Å². The van der Waals surface area contributed by atoms with Gasteiger partial charge in [0.05, 0.1) is 18.5 Å². The highest BCUT2D eigenvalue weighted by Crippen LogP contribution is 2.52. The molecule has 32 heavy (non-hydrogen) atoms. The molecular weight excluding hydrogens is 398 g/mol. The molecule has 3 aromatic rings. The Morgan fingerprint density at radius 1 is 1.03 bits per heavy atom. The Morgan fingerprint density at radius 2 is 1.81 bits per heavy atom. The second-order valence-electron chi connectivity index (χ2n) is 10.5. The number of rotatable bonds is 4.